The van der Waals surface area contributed by atoms with Crippen molar-refractivity contribution in [2.45, 2.75) is 52.0 Å². The number of pyridine rings is 1. The number of aromatic nitrogens is 1. The summed E-state index contributed by atoms with van der Waals surface area (Å²) in [6.45, 7) is 4.05. The average Bonchev–Trinajstić information content (AvgIpc) is 2.60. The van der Waals surface area contributed by atoms with Gasteiger partial charge in [0.2, 0.25) is 0 Å². The lowest BCUT2D eigenvalue weighted by molar-refractivity contribution is 0.102. The molecular formula is C20H25N3O. The molecule has 1 fully saturated rings. The van der Waals surface area contributed by atoms with Crippen LogP contribution in [0.2, 0.25) is 0 Å². The highest BCUT2D eigenvalue weighted by molar-refractivity contribution is 6.04. The van der Waals surface area contributed by atoms with E-state index in [-0.39, 0.29) is 5.91 Å². The Morgan fingerprint density at radius 1 is 1.04 bits per heavy atom. The Morgan fingerprint density at radius 2 is 1.83 bits per heavy atom. The van der Waals surface area contributed by atoms with Crippen LogP contribution in [0.5, 0.6) is 0 Å². The number of rotatable bonds is 4. The number of benzene rings is 1. The maximum absolute atomic E-state index is 12.3. The van der Waals surface area contributed by atoms with Crippen LogP contribution in [-0.2, 0) is 0 Å². The third kappa shape index (κ3) is 4.13. The zero-order valence-electron chi connectivity index (χ0n) is 14.4. The number of hydrogen-bond acceptors (Lipinski definition) is 3. The summed E-state index contributed by atoms with van der Waals surface area (Å²) in [5, 5.41) is 6.39. The van der Waals surface area contributed by atoms with Gasteiger partial charge in [-0.15, -0.1) is 0 Å². The first kappa shape index (κ1) is 16.5. The molecule has 2 N–H and O–H groups in total. The van der Waals surface area contributed by atoms with Gasteiger partial charge in [0, 0.05) is 11.6 Å². The van der Waals surface area contributed by atoms with Crippen LogP contribution >= 0.6 is 0 Å². The molecule has 0 atom stereocenters. The van der Waals surface area contributed by atoms with E-state index < -0.39 is 0 Å². The molecule has 0 radical (unpaired) electrons. The molecule has 1 aliphatic carbocycles. The summed E-state index contributed by atoms with van der Waals surface area (Å²) in [7, 11) is 0. The number of hydrogen-bond donors (Lipinski definition) is 2. The van der Waals surface area contributed by atoms with Crippen molar-refractivity contribution in [3.8, 4) is 0 Å². The number of carbonyl (C=O) groups excluding carboxylic acids is 1. The predicted octanol–water partition coefficient (Wildman–Crippen LogP) is 4.70. The Bertz CT molecular complexity index is 703. The van der Waals surface area contributed by atoms with E-state index in [0.29, 0.717) is 17.3 Å². The van der Waals surface area contributed by atoms with Crippen LogP contribution < -0.4 is 10.6 Å². The third-order valence-electron chi connectivity index (χ3n) is 4.75. The molecule has 1 heterocycles. The highest BCUT2D eigenvalue weighted by Crippen LogP contribution is 2.21. The Balaban J connectivity index is 1.60. The molecule has 1 saturated carbocycles. The smallest absolute Gasteiger partial charge is 0.255 e. The zero-order valence-corrected chi connectivity index (χ0v) is 14.4. The van der Waals surface area contributed by atoms with Crippen LogP contribution in [0.1, 0.15) is 53.6 Å². The fraction of sp³-hybridized carbons (Fsp3) is 0.400. The molecule has 1 aliphatic rings. The van der Waals surface area contributed by atoms with Crippen molar-refractivity contribution in [1.82, 2.24) is 4.98 Å². The molecule has 1 aromatic heterocycles. The maximum Gasteiger partial charge on any atom is 0.255 e. The highest BCUT2D eigenvalue weighted by Gasteiger charge is 2.13. The first-order valence-corrected chi connectivity index (χ1v) is 8.73. The summed E-state index contributed by atoms with van der Waals surface area (Å²) >= 11 is 0. The molecule has 1 amide bonds. The maximum atomic E-state index is 12.3. The number of aryl methyl sites for hydroxylation is 2. The lowest BCUT2D eigenvalue weighted by Gasteiger charge is -2.23. The topological polar surface area (TPSA) is 54.0 Å². The van der Waals surface area contributed by atoms with E-state index in [4.69, 9.17) is 0 Å². The van der Waals surface area contributed by atoms with Gasteiger partial charge in [-0.2, -0.15) is 0 Å². The molecule has 0 aliphatic heterocycles. The Morgan fingerprint density at radius 3 is 2.50 bits per heavy atom. The van der Waals surface area contributed by atoms with Gasteiger partial charge in [-0.3, -0.25) is 4.79 Å². The van der Waals surface area contributed by atoms with Gasteiger partial charge in [-0.1, -0.05) is 25.3 Å². The fourth-order valence-corrected chi connectivity index (χ4v) is 3.10. The molecule has 4 heteroatoms. The van der Waals surface area contributed by atoms with Crippen molar-refractivity contribution in [2.24, 2.45) is 0 Å². The minimum atomic E-state index is -0.104. The first-order valence-electron chi connectivity index (χ1n) is 8.73. The lowest BCUT2D eigenvalue weighted by Crippen LogP contribution is -2.22. The van der Waals surface area contributed by atoms with Crippen molar-refractivity contribution in [2.75, 3.05) is 10.6 Å². The quantitative estimate of drug-likeness (QED) is 0.858. The van der Waals surface area contributed by atoms with E-state index in [1.54, 1.807) is 6.20 Å². The number of carbonyl (C=O) groups is 1. The van der Waals surface area contributed by atoms with Crippen LogP contribution in [0.15, 0.2) is 36.5 Å². The largest absolute Gasteiger partial charge is 0.367 e. The second-order valence-corrected chi connectivity index (χ2v) is 6.66. The predicted molar refractivity (Wildman–Crippen MR) is 98.6 cm³/mol. The summed E-state index contributed by atoms with van der Waals surface area (Å²) in [5.41, 5.74) is 3.69. The monoisotopic (exact) mass is 323 g/mol. The molecule has 0 bridgehead atoms. The molecular weight excluding hydrogens is 298 g/mol. The molecule has 0 saturated heterocycles. The Labute approximate surface area is 143 Å². The van der Waals surface area contributed by atoms with Crippen LogP contribution in [0.25, 0.3) is 0 Å². The van der Waals surface area contributed by atoms with E-state index in [1.807, 2.05) is 44.2 Å². The second-order valence-electron chi connectivity index (χ2n) is 6.66. The minimum Gasteiger partial charge on any atom is -0.367 e. The second kappa shape index (κ2) is 7.47. The van der Waals surface area contributed by atoms with Crippen LogP contribution in [0.3, 0.4) is 0 Å². The molecule has 1 aromatic carbocycles. The van der Waals surface area contributed by atoms with Gasteiger partial charge in [-0.25, -0.2) is 4.98 Å². The van der Waals surface area contributed by atoms with Gasteiger partial charge in [-0.05, 0) is 62.1 Å². The van der Waals surface area contributed by atoms with E-state index in [0.717, 1.165) is 11.4 Å². The van der Waals surface area contributed by atoms with Crippen LogP contribution in [-0.4, -0.2) is 16.9 Å². The molecule has 126 valence electrons. The third-order valence-corrected chi connectivity index (χ3v) is 4.75. The number of anilines is 2. The van der Waals surface area contributed by atoms with Crippen LogP contribution in [0.4, 0.5) is 11.5 Å². The molecule has 4 nitrogen and oxygen atoms in total. The molecule has 24 heavy (non-hydrogen) atoms. The normalized spacial score (nSPS) is 15.1. The molecule has 2 aromatic rings. The van der Waals surface area contributed by atoms with Gasteiger partial charge in [0.15, 0.2) is 0 Å². The first-order chi connectivity index (χ1) is 11.6. The molecule has 3 rings (SSSR count). The van der Waals surface area contributed by atoms with Gasteiger partial charge < -0.3 is 10.6 Å². The SMILES string of the molecule is Cc1ccc(C(=O)Nc2ccc(NC3CCCCC3)nc2)cc1C. The number of amides is 1. The van der Waals surface area contributed by atoms with Gasteiger partial charge in [0.05, 0.1) is 11.9 Å². The van der Waals surface area contributed by atoms with Crippen molar-refractivity contribution in [3.05, 3.63) is 53.2 Å². The summed E-state index contributed by atoms with van der Waals surface area (Å²) in [5.74, 6) is 0.777. The van der Waals surface area contributed by atoms with Gasteiger partial charge >= 0.3 is 0 Å². The molecule has 0 spiro atoms. The Hall–Kier alpha value is -2.36. The Kier molecular flexibility index (Phi) is 5.14. The van der Waals surface area contributed by atoms with E-state index in [2.05, 4.69) is 15.6 Å². The van der Waals surface area contributed by atoms with E-state index in [9.17, 15) is 4.79 Å². The summed E-state index contributed by atoms with van der Waals surface area (Å²) < 4.78 is 0. The van der Waals surface area contributed by atoms with Crippen molar-refractivity contribution < 1.29 is 4.79 Å². The standard InChI is InChI=1S/C20H25N3O/c1-14-8-9-16(12-15(14)2)20(24)23-18-10-11-19(21-13-18)22-17-6-4-3-5-7-17/h8-13,17H,3-7H2,1-2H3,(H,21,22)(H,23,24). The van der Waals surface area contributed by atoms with Crippen molar-refractivity contribution >= 4 is 17.4 Å². The summed E-state index contributed by atoms with van der Waals surface area (Å²) in [6, 6.07) is 10.1. The van der Waals surface area contributed by atoms with Gasteiger partial charge in [0.25, 0.3) is 5.91 Å². The zero-order chi connectivity index (χ0) is 16.9. The lowest BCUT2D eigenvalue weighted by atomic mass is 9.95. The fourth-order valence-electron chi connectivity index (χ4n) is 3.10. The summed E-state index contributed by atoms with van der Waals surface area (Å²) in [4.78, 5) is 16.8. The number of nitrogens with zero attached hydrogens (tertiary/aromatic N) is 1. The molecule has 0 unspecified atom stereocenters. The van der Waals surface area contributed by atoms with Gasteiger partial charge in [0.1, 0.15) is 5.82 Å². The highest BCUT2D eigenvalue weighted by atomic mass is 16.1. The summed E-state index contributed by atoms with van der Waals surface area (Å²) in [6.07, 6.45) is 8.07. The van der Waals surface area contributed by atoms with Crippen molar-refractivity contribution in [1.29, 1.82) is 0 Å². The van der Waals surface area contributed by atoms with Crippen LogP contribution in [0, 0.1) is 13.8 Å². The minimum absolute atomic E-state index is 0.104. The average molecular weight is 323 g/mol. The van der Waals surface area contributed by atoms with E-state index >= 15 is 0 Å². The van der Waals surface area contributed by atoms with E-state index in [1.165, 1.54) is 37.7 Å². The number of nitrogens with one attached hydrogen (secondary N) is 2. The van der Waals surface area contributed by atoms with Crippen molar-refractivity contribution in [3.63, 3.8) is 0 Å².